The summed E-state index contributed by atoms with van der Waals surface area (Å²) in [6.45, 7) is 7.61. The Hall–Kier alpha value is -6.51. The zero-order valence-corrected chi connectivity index (χ0v) is 35.6. The Kier molecular flexibility index (Phi) is 9.48. The van der Waals surface area contributed by atoms with Gasteiger partial charge in [-0.3, -0.25) is 14.5 Å². The molecule has 4 N–H and O–H groups in total. The van der Waals surface area contributed by atoms with E-state index in [1.165, 1.54) is 14.2 Å². The standard InChI is InChI=1S/C47H51N9O6/c1-22(2)40(53-46(59)62-6)44(57)55-36-18-28(36)20-38(55)42-49-32-13-8-25(16-34(32)51-42)24-7-11-30-26(15-24)9-12-31(48-30)27-10-14-33-35(17-27)52-43(50-33)39-21-29-19-37(29)56(39)45(58)41(23(3)4)54(5)47(60)61/h7-17,22-23,28-29,36-41H,18-21H2,1-6H3,(H,49,51)(H,50,52)(H,53,59)(H,60,61)/t28-,29+,36+,37+,38-,39-,40-,41-/m0/s1. The van der Waals surface area contributed by atoms with Crippen molar-refractivity contribution < 1.29 is 29.0 Å². The fourth-order valence-electron chi connectivity index (χ4n) is 10.2. The Balaban J connectivity index is 0.873. The lowest BCUT2D eigenvalue weighted by Crippen LogP contribution is -2.52. The number of carboxylic acid groups (broad SMARTS) is 1. The lowest BCUT2D eigenvalue weighted by Gasteiger charge is -2.35. The van der Waals surface area contributed by atoms with Crippen LogP contribution in [0, 0.1) is 23.7 Å². The molecule has 320 valence electrons. The van der Waals surface area contributed by atoms with E-state index in [1.807, 2.05) is 73.9 Å². The zero-order valence-electron chi connectivity index (χ0n) is 35.6. The number of ether oxygens (including phenoxy) is 1. The molecule has 5 heterocycles. The molecule has 8 atom stereocenters. The number of nitrogens with one attached hydrogen (secondary N) is 3. The average Bonchev–Trinajstić information content (AvgIpc) is 3.91. The molecule has 2 saturated heterocycles. The number of hydrogen-bond donors (Lipinski definition) is 4. The van der Waals surface area contributed by atoms with Crippen LogP contribution in [0.5, 0.6) is 0 Å². The van der Waals surface area contributed by atoms with Crippen molar-refractivity contribution in [3.05, 3.63) is 78.4 Å². The number of carbonyl (C=O) groups is 4. The third-order valence-electron chi connectivity index (χ3n) is 13.7. The number of rotatable bonds is 10. The number of carbonyl (C=O) groups excluding carboxylic acids is 3. The third-order valence-corrected chi connectivity index (χ3v) is 13.7. The van der Waals surface area contributed by atoms with E-state index in [0.29, 0.717) is 11.8 Å². The average molecular weight is 838 g/mol. The second-order valence-electron chi connectivity index (χ2n) is 18.4. The summed E-state index contributed by atoms with van der Waals surface area (Å²) in [6, 6.07) is 20.9. The van der Waals surface area contributed by atoms with Crippen molar-refractivity contribution in [2.75, 3.05) is 14.2 Å². The highest BCUT2D eigenvalue weighted by Gasteiger charge is 2.57. The van der Waals surface area contributed by atoms with Gasteiger partial charge in [-0.1, -0.05) is 52.0 Å². The van der Waals surface area contributed by atoms with E-state index in [4.69, 9.17) is 19.7 Å². The topological polar surface area (TPSA) is 190 Å². The maximum atomic E-state index is 14.0. The molecule has 6 aromatic rings. The molecular formula is C47H51N9O6. The number of nitrogens with zero attached hydrogens (tertiary/aromatic N) is 6. The van der Waals surface area contributed by atoms with Gasteiger partial charge in [0, 0.05) is 30.1 Å². The van der Waals surface area contributed by atoms with Crippen LogP contribution in [-0.4, -0.2) is 107 Å². The van der Waals surface area contributed by atoms with Crippen molar-refractivity contribution in [1.82, 2.24) is 44.9 Å². The summed E-state index contributed by atoms with van der Waals surface area (Å²) in [5.74, 6) is 1.76. The van der Waals surface area contributed by atoms with Crippen molar-refractivity contribution >= 4 is 57.0 Å². The number of amides is 4. The van der Waals surface area contributed by atoms with Gasteiger partial charge < -0.3 is 34.9 Å². The normalized spacial score (nSPS) is 23.5. The molecule has 10 rings (SSSR count). The number of H-pyrrole nitrogens is 2. The number of aromatic nitrogens is 5. The van der Waals surface area contributed by atoms with E-state index in [2.05, 4.69) is 45.6 Å². The predicted molar refractivity (Wildman–Crippen MR) is 233 cm³/mol. The number of pyridine rings is 1. The molecule has 2 aliphatic heterocycles. The summed E-state index contributed by atoms with van der Waals surface area (Å²) in [7, 11) is 2.77. The van der Waals surface area contributed by atoms with Gasteiger partial charge in [0.15, 0.2) is 0 Å². The number of fused-ring (bicyclic) bond motifs is 5. The molecule has 3 aromatic heterocycles. The maximum Gasteiger partial charge on any atom is 0.407 e. The monoisotopic (exact) mass is 837 g/mol. The number of piperidine rings is 2. The first-order valence-corrected chi connectivity index (χ1v) is 21.6. The van der Waals surface area contributed by atoms with Gasteiger partial charge in [-0.25, -0.2) is 24.5 Å². The number of likely N-dealkylation sites (N-methyl/N-ethyl adjacent to an activating group) is 1. The van der Waals surface area contributed by atoms with E-state index >= 15 is 0 Å². The zero-order chi connectivity index (χ0) is 43.3. The molecule has 4 fully saturated rings. The van der Waals surface area contributed by atoms with Crippen molar-refractivity contribution in [2.24, 2.45) is 23.7 Å². The van der Waals surface area contributed by atoms with Gasteiger partial charge >= 0.3 is 12.2 Å². The van der Waals surface area contributed by atoms with Crippen LogP contribution in [0.2, 0.25) is 0 Å². The number of likely N-dealkylation sites (tertiary alicyclic amines) is 2. The number of hydrogen-bond acceptors (Lipinski definition) is 8. The summed E-state index contributed by atoms with van der Waals surface area (Å²) in [5.41, 5.74) is 8.04. The minimum absolute atomic E-state index is 0.104. The first-order valence-electron chi connectivity index (χ1n) is 21.6. The minimum atomic E-state index is -1.12. The molecule has 0 unspecified atom stereocenters. The van der Waals surface area contributed by atoms with Crippen molar-refractivity contribution in [2.45, 2.75) is 89.6 Å². The van der Waals surface area contributed by atoms with Crippen LogP contribution < -0.4 is 5.32 Å². The van der Waals surface area contributed by atoms with Crippen LogP contribution in [0.1, 0.15) is 77.1 Å². The molecule has 0 bridgehead atoms. The number of methoxy groups -OCH3 is 1. The Morgan fingerprint density at radius 3 is 1.82 bits per heavy atom. The van der Waals surface area contributed by atoms with Gasteiger partial charge in [0.1, 0.15) is 23.7 Å². The summed E-state index contributed by atoms with van der Waals surface area (Å²) >= 11 is 0. The van der Waals surface area contributed by atoms with Crippen LogP contribution >= 0.6 is 0 Å². The lowest BCUT2D eigenvalue weighted by atomic mass is 10.0. The SMILES string of the molecule is COC(=O)N[C@H](C(=O)N1[C@@H]2C[C@H]2C[C@H]1c1nc2ccc(-c3ccc4nc(-c5ccc6nc([C@@H]7C[C@H]8C[C@H]8N7C(=O)[C@H](C(C)C)N(C)C(=O)O)[nH]c6c5)ccc4c3)cc2[nH]1)C(C)C. The molecule has 15 heteroatoms. The van der Waals surface area contributed by atoms with E-state index in [0.717, 1.165) is 97.6 Å². The molecule has 15 nitrogen and oxygen atoms in total. The van der Waals surface area contributed by atoms with Crippen LogP contribution in [0.3, 0.4) is 0 Å². The smallest absolute Gasteiger partial charge is 0.407 e. The molecular weight excluding hydrogens is 787 g/mol. The Morgan fingerprint density at radius 1 is 0.710 bits per heavy atom. The van der Waals surface area contributed by atoms with Gasteiger partial charge in [0.25, 0.3) is 0 Å². The number of alkyl carbamates (subject to hydrolysis) is 1. The predicted octanol–water partition coefficient (Wildman–Crippen LogP) is 7.66. The highest BCUT2D eigenvalue weighted by Crippen LogP contribution is 2.55. The summed E-state index contributed by atoms with van der Waals surface area (Å²) in [5, 5.41) is 13.5. The second-order valence-corrected chi connectivity index (χ2v) is 18.4. The maximum absolute atomic E-state index is 14.0. The number of imidazole rings is 2. The van der Waals surface area contributed by atoms with E-state index in [1.54, 1.807) is 0 Å². The Morgan fingerprint density at radius 2 is 1.26 bits per heavy atom. The number of benzene rings is 3. The van der Waals surface area contributed by atoms with E-state index in [9.17, 15) is 24.3 Å². The molecule has 2 saturated carbocycles. The lowest BCUT2D eigenvalue weighted by molar-refractivity contribution is -0.140. The Labute approximate surface area is 358 Å². The van der Waals surface area contributed by atoms with Crippen LogP contribution in [0.25, 0.3) is 55.4 Å². The first-order chi connectivity index (χ1) is 29.8. The summed E-state index contributed by atoms with van der Waals surface area (Å²) in [4.78, 5) is 78.8. The molecule has 4 amide bonds. The fourth-order valence-corrected chi connectivity index (χ4v) is 10.2. The molecule has 4 aliphatic rings. The molecule has 62 heavy (non-hydrogen) atoms. The minimum Gasteiger partial charge on any atom is -0.465 e. The third kappa shape index (κ3) is 6.77. The first kappa shape index (κ1) is 39.6. The molecule has 0 radical (unpaired) electrons. The van der Waals surface area contributed by atoms with Crippen LogP contribution in [0.15, 0.2) is 66.7 Å². The van der Waals surface area contributed by atoms with Gasteiger partial charge in [-0.2, -0.15) is 0 Å². The van der Waals surface area contributed by atoms with Crippen molar-refractivity contribution in [1.29, 1.82) is 0 Å². The highest BCUT2D eigenvalue weighted by atomic mass is 16.5. The van der Waals surface area contributed by atoms with Gasteiger partial charge in [0.05, 0.1) is 52.5 Å². The van der Waals surface area contributed by atoms with Crippen LogP contribution in [-0.2, 0) is 14.3 Å². The Bertz CT molecular complexity index is 2800. The van der Waals surface area contributed by atoms with E-state index in [-0.39, 0.29) is 47.8 Å². The summed E-state index contributed by atoms with van der Waals surface area (Å²) in [6.07, 6.45) is 1.81. The fraction of sp³-hybridized carbons (Fsp3) is 0.426. The highest BCUT2D eigenvalue weighted by molar-refractivity contribution is 5.91. The van der Waals surface area contributed by atoms with Crippen molar-refractivity contribution in [3.8, 4) is 22.4 Å². The quantitative estimate of drug-likeness (QED) is 0.107. The molecule has 3 aromatic carbocycles. The summed E-state index contributed by atoms with van der Waals surface area (Å²) < 4.78 is 4.82. The molecule has 0 spiro atoms. The van der Waals surface area contributed by atoms with Crippen LogP contribution in [0.4, 0.5) is 9.59 Å². The van der Waals surface area contributed by atoms with Gasteiger partial charge in [0.2, 0.25) is 11.8 Å². The largest absolute Gasteiger partial charge is 0.465 e. The molecule has 2 aliphatic carbocycles. The second kappa shape index (κ2) is 14.8. The van der Waals surface area contributed by atoms with E-state index < -0.39 is 24.3 Å². The van der Waals surface area contributed by atoms with Gasteiger partial charge in [-0.15, -0.1) is 0 Å². The number of aromatic amines is 2. The van der Waals surface area contributed by atoms with Crippen molar-refractivity contribution in [3.63, 3.8) is 0 Å². The van der Waals surface area contributed by atoms with Gasteiger partial charge in [-0.05, 0) is 103 Å².